The molecule has 0 radical (unpaired) electrons. The molecule has 112 valence electrons. The minimum atomic E-state index is 0.761. The van der Waals surface area contributed by atoms with Crippen molar-refractivity contribution < 1.29 is 9.47 Å². The van der Waals surface area contributed by atoms with Gasteiger partial charge in [-0.05, 0) is 35.4 Å². The van der Waals surface area contributed by atoms with Gasteiger partial charge in [-0.25, -0.2) is 0 Å². The fraction of sp³-hybridized carbons (Fsp3) is 0.250. The Balaban J connectivity index is 1.96. The first-order valence-corrected chi connectivity index (χ1v) is 8.08. The Morgan fingerprint density at radius 2 is 1.43 bits per heavy atom. The zero-order valence-corrected chi connectivity index (χ0v) is 15.1. The highest BCUT2D eigenvalue weighted by molar-refractivity contribution is 9.11. The molecule has 0 amide bonds. The summed E-state index contributed by atoms with van der Waals surface area (Å²) in [6.45, 7) is 1.56. The number of rotatable bonds is 6. The molecular formula is C16H17Br2NO2. The van der Waals surface area contributed by atoms with E-state index >= 15 is 0 Å². The molecule has 0 atom stereocenters. The SMILES string of the molecule is COc1ccc(CNCc2c(Br)cc(OC)cc2Br)cc1. The second-order valence-electron chi connectivity index (χ2n) is 4.52. The first kappa shape index (κ1) is 16.3. The summed E-state index contributed by atoms with van der Waals surface area (Å²) in [7, 11) is 3.34. The third kappa shape index (κ3) is 4.46. The molecule has 0 bridgehead atoms. The van der Waals surface area contributed by atoms with Crippen molar-refractivity contribution in [1.82, 2.24) is 5.32 Å². The number of hydrogen-bond acceptors (Lipinski definition) is 3. The van der Waals surface area contributed by atoms with Crippen molar-refractivity contribution >= 4 is 31.9 Å². The Morgan fingerprint density at radius 1 is 0.857 bits per heavy atom. The van der Waals surface area contributed by atoms with Crippen molar-refractivity contribution in [3.63, 3.8) is 0 Å². The van der Waals surface area contributed by atoms with E-state index in [1.807, 2.05) is 24.3 Å². The van der Waals surface area contributed by atoms with E-state index in [2.05, 4.69) is 49.3 Å². The molecule has 1 N–H and O–H groups in total. The van der Waals surface area contributed by atoms with Crippen LogP contribution in [0, 0.1) is 0 Å². The van der Waals surface area contributed by atoms with Crippen LogP contribution in [-0.4, -0.2) is 14.2 Å². The minimum Gasteiger partial charge on any atom is -0.497 e. The molecule has 3 nitrogen and oxygen atoms in total. The van der Waals surface area contributed by atoms with Crippen molar-refractivity contribution in [1.29, 1.82) is 0 Å². The van der Waals surface area contributed by atoms with Crippen LogP contribution in [0.3, 0.4) is 0 Å². The average molecular weight is 415 g/mol. The standard InChI is InChI=1S/C16H17Br2NO2/c1-20-12-5-3-11(4-6-12)9-19-10-14-15(17)7-13(21-2)8-16(14)18/h3-8,19H,9-10H2,1-2H3. The lowest BCUT2D eigenvalue weighted by atomic mass is 10.2. The molecular weight excluding hydrogens is 398 g/mol. The number of methoxy groups -OCH3 is 2. The molecule has 2 aromatic carbocycles. The van der Waals surface area contributed by atoms with Gasteiger partial charge in [-0.3, -0.25) is 0 Å². The van der Waals surface area contributed by atoms with Crippen LogP contribution in [0.25, 0.3) is 0 Å². The first-order chi connectivity index (χ1) is 10.1. The van der Waals surface area contributed by atoms with Crippen molar-refractivity contribution in [2.24, 2.45) is 0 Å². The third-order valence-electron chi connectivity index (χ3n) is 3.14. The maximum Gasteiger partial charge on any atom is 0.121 e. The molecule has 21 heavy (non-hydrogen) atoms. The zero-order chi connectivity index (χ0) is 15.2. The Labute approximate surface area is 141 Å². The van der Waals surface area contributed by atoms with Crippen LogP contribution in [0.4, 0.5) is 0 Å². The highest BCUT2D eigenvalue weighted by Gasteiger charge is 2.07. The highest BCUT2D eigenvalue weighted by Crippen LogP contribution is 2.30. The highest BCUT2D eigenvalue weighted by atomic mass is 79.9. The quantitative estimate of drug-likeness (QED) is 0.753. The van der Waals surface area contributed by atoms with Crippen LogP contribution >= 0.6 is 31.9 Å². The molecule has 5 heteroatoms. The van der Waals surface area contributed by atoms with Crippen LogP contribution in [0.2, 0.25) is 0 Å². The summed E-state index contributed by atoms with van der Waals surface area (Å²) >= 11 is 7.16. The van der Waals surface area contributed by atoms with Gasteiger partial charge in [-0.1, -0.05) is 44.0 Å². The fourth-order valence-corrected chi connectivity index (χ4v) is 3.37. The van der Waals surface area contributed by atoms with Crippen molar-refractivity contribution in [2.75, 3.05) is 14.2 Å². The van der Waals surface area contributed by atoms with Gasteiger partial charge >= 0.3 is 0 Å². The first-order valence-electron chi connectivity index (χ1n) is 6.49. The summed E-state index contributed by atoms with van der Waals surface area (Å²) in [6, 6.07) is 12.0. The molecule has 2 aromatic rings. The van der Waals surface area contributed by atoms with Gasteiger partial charge < -0.3 is 14.8 Å². The van der Waals surface area contributed by atoms with Crippen LogP contribution in [-0.2, 0) is 13.1 Å². The van der Waals surface area contributed by atoms with E-state index in [0.717, 1.165) is 33.5 Å². The molecule has 0 saturated carbocycles. The molecule has 0 aliphatic carbocycles. The largest absolute Gasteiger partial charge is 0.497 e. The molecule has 0 aromatic heterocycles. The van der Waals surface area contributed by atoms with Crippen molar-refractivity contribution in [3.05, 3.63) is 56.5 Å². The normalized spacial score (nSPS) is 10.5. The number of halogens is 2. The summed E-state index contributed by atoms with van der Waals surface area (Å²) in [5.74, 6) is 1.70. The summed E-state index contributed by atoms with van der Waals surface area (Å²) in [5, 5.41) is 3.43. The van der Waals surface area contributed by atoms with Crippen molar-refractivity contribution in [2.45, 2.75) is 13.1 Å². The van der Waals surface area contributed by atoms with E-state index in [1.54, 1.807) is 14.2 Å². The molecule has 0 saturated heterocycles. The second kappa shape index (κ2) is 7.82. The van der Waals surface area contributed by atoms with Gasteiger partial charge in [0, 0.05) is 22.0 Å². The van der Waals surface area contributed by atoms with Gasteiger partial charge in [0.1, 0.15) is 11.5 Å². The Hall–Kier alpha value is -1.04. The monoisotopic (exact) mass is 413 g/mol. The Morgan fingerprint density at radius 3 is 1.95 bits per heavy atom. The van der Waals surface area contributed by atoms with Crippen LogP contribution in [0.5, 0.6) is 11.5 Å². The lowest BCUT2D eigenvalue weighted by Crippen LogP contribution is -2.13. The van der Waals surface area contributed by atoms with E-state index in [0.29, 0.717) is 0 Å². The van der Waals surface area contributed by atoms with Crippen LogP contribution < -0.4 is 14.8 Å². The number of hydrogen-bond donors (Lipinski definition) is 1. The van der Waals surface area contributed by atoms with Gasteiger partial charge in [0.05, 0.1) is 14.2 Å². The van der Waals surface area contributed by atoms with Gasteiger partial charge in [0.25, 0.3) is 0 Å². The summed E-state index contributed by atoms with van der Waals surface area (Å²) in [6.07, 6.45) is 0. The number of benzene rings is 2. The fourth-order valence-electron chi connectivity index (χ4n) is 1.94. The zero-order valence-electron chi connectivity index (χ0n) is 12.0. The molecule has 0 spiro atoms. The van der Waals surface area contributed by atoms with E-state index in [1.165, 1.54) is 11.1 Å². The lowest BCUT2D eigenvalue weighted by molar-refractivity contribution is 0.414. The number of nitrogens with one attached hydrogen (secondary N) is 1. The van der Waals surface area contributed by atoms with Crippen LogP contribution in [0.1, 0.15) is 11.1 Å². The van der Waals surface area contributed by atoms with E-state index in [9.17, 15) is 0 Å². The van der Waals surface area contributed by atoms with Gasteiger partial charge in [-0.2, -0.15) is 0 Å². The topological polar surface area (TPSA) is 30.5 Å². The van der Waals surface area contributed by atoms with E-state index < -0.39 is 0 Å². The van der Waals surface area contributed by atoms with E-state index in [-0.39, 0.29) is 0 Å². The van der Waals surface area contributed by atoms with Crippen LogP contribution in [0.15, 0.2) is 45.3 Å². The van der Waals surface area contributed by atoms with Gasteiger partial charge in [0.15, 0.2) is 0 Å². The third-order valence-corrected chi connectivity index (χ3v) is 4.56. The average Bonchev–Trinajstić information content (AvgIpc) is 2.50. The summed E-state index contributed by atoms with van der Waals surface area (Å²) in [5.41, 5.74) is 2.39. The predicted molar refractivity (Wildman–Crippen MR) is 91.9 cm³/mol. The second-order valence-corrected chi connectivity index (χ2v) is 6.23. The summed E-state index contributed by atoms with van der Waals surface area (Å²) in [4.78, 5) is 0. The van der Waals surface area contributed by atoms with Crippen molar-refractivity contribution in [3.8, 4) is 11.5 Å². The predicted octanol–water partition coefficient (Wildman–Crippen LogP) is 4.52. The van der Waals surface area contributed by atoms with E-state index in [4.69, 9.17) is 9.47 Å². The van der Waals surface area contributed by atoms with Gasteiger partial charge in [-0.15, -0.1) is 0 Å². The number of ether oxygens (including phenoxy) is 2. The molecule has 2 rings (SSSR count). The Kier molecular flexibility index (Phi) is 6.08. The van der Waals surface area contributed by atoms with Gasteiger partial charge in [0.2, 0.25) is 0 Å². The molecule has 0 fully saturated rings. The Bertz CT molecular complexity index is 577. The molecule has 0 aliphatic rings. The molecule has 0 aliphatic heterocycles. The summed E-state index contributed by atoms with van der Waals surface area (Å²) < 4.78 is 12.4. The maximum atomic E-state index is 5.23. The molecule has 0 heterocycles. The maximum absolute atomic E-state index is 5.23. The minimum absolute atomic E-state index is 0.761. The molecule has 0 unspecified atom stereocenters. The lowest BCUT2D eigenvalue weighted by Gasteiger charge is -2.11. The smallest absolute Gasteiger partial charge is 0.121 e.